The van der Waals surface area contributed by atoms with Crippen LogP contribution in [-0.2, 0) is 19.6 Å². The summed E-state index contributed by atoms with van der Waals surface area (Å²) in [5.74, 6) is -1.07. The number of rotatable bonds is 7. The maximum atomic E-state index is 12.6. The molecule has 1 rings (SSSR count). The molecule has 0 aliphatic rings. The normalized spacial score (nSPS) is 12.8. The molecule has 1 atom stereocenters. The number of hydrogen-bond acceptors (Lipinski definition) is 5. The number of ether oxygens (including phenoxy) is 1. The largest absolute Gasteiger partial charge is 0.449 e. The van der Waals surface area contributed by atoms with Gasteiger partial charge in [0.1, 0.15) is 0 Å². The van der Waals surface area contributed by atoms with Crippen molar-refractivity contribution in [2.45, 2.75) is 38.7 Å². The van der Waals surface area contributed by atoms with Gasteiger partial charge in [0.2, 0.25) is 10.0 Å². The van der Waals surface area contributed by atoms with Gasteiger partial charge in [0.05, 0.1) is 10.5 Å². The number of amides is 1. The monoisotopic (exact) mass is 370 g/mol. The molecule has 0 heterocycles. The Morgan fingerprint density at radius 1 is 1.16 bits per heavy atom. The molecule has 0 saturated heterocycles. The summed E-state index contributed by atoms with van der Waals surface area (Å²) in [5.41, 5.74) is 0.708. The van der Waals surface area contributed by atoms with E-state index in [1.807, 2.05) is 0 Å². The zero-order valence-corrected chi connectivity index (χ0v) is 16.4. The molecule has 25 heavy (non-hydrogen) atoms. The van der Waals surface area contributed by atoms with Crippen LogP contribution in [0.4, 0.5) is 0 Å². The Kier molecular flexibility index (Phi) is 7.13. The van der Waals surface area contributed by atoms with Gasteiger partial charge in [-0.3, -0.25) is 4.79 Å². The summed E-state index contributed by atoms with van der Waals surface area (Å²) < 4.78 is 31.7. The lowest BCUT2D eigenvalue weighted by atomic mass is 10.1. The molecule has 140 valence electrons. The van der Waals surface area contributed by atoms with Gasteiger partial charge >= 0.3 is 5.97 Å². The number of sulfonamides is 1. The van der Waals surface area contributed by atoms with Crippen LogP contribution in [0, 0.1) is 6.92 Å². The Morgan fingerprint density at radius 2 is 1.72 bits per heavy atom. The molecule has 0 aliphatic carbocycles. The highest BCUT2D eigenvalue weighted by Gasteiger charge is 2.25. The fourth-order valence-corrected chi connectivity index (χ4v) is 3.82. The van der Waals surface area contributed by atoms with Crippen molar-refractivity contribution in [1.82, 2.24) is 9.21 Å². The van der Waals surface area contributed by atoms with Crippen molar-refractivity contribution in [3.63, 3.8) is 0 Å². The Bertz CT molecular complexity index is 739. The fourth-order valence-electron chi connectivity index (χ4n) is 2.33. The van der Waals surface area contributed by atoms with Crippen LogP contribution < -0.4 is 0 Å². The SMILES string of the molecule is CCN(CC)S(=O)(=O)c1ccc(C)c(C(=O)O[C@H](C)C(=O)N(C)C)c1. The first-order valence-electron chi connectivity index (χ1n) is 8.09. The average Bonchev–Trinajstić information content (AvgIpc) is 2.54. The maximum Gasteiger partial charge on any atom is 0.339 e. The van der Waals surface area contributed by atoms with Crippen LogP contribution in [0.1, 0.15) is 36.7 Å². The lowest BCUT2D eigenvalue weighted by Gasteiger charge is -2.20. The second-order valence-electron chi connectivity index (χ2n) is 5.85. The number of benzene rings is 1. The van der Waals surface area contributed by atoms with Crippen LogP contribution in [0.3, 0.4) is 0 Å². The van der Waals surface area contributed by atoms with Crippen molar-refractivity contribution in [2.75, 3.05) is 27.2 Å². The number of hydrogen-bond donors (Lipinski definition) is 0. The molecule has 0 spiro atoms. The maximum absolute atomic E-state index is 12.6. The van der Waals surface area contributed by atoms with Gasteiger partial charge in [0.15, 0.2) is 6.10 Å². The second-order valence-corrected chi connectivity index (χ2v) is 7.78. The fraction of sp³-hybridized carbons (Fsp3) is 0.529. The van der Waals surface area contributed by atoms with Crippen LogP contribution in [0.5, 0.6) is 0 Å². The average molecular weight is 370 g/mol. The predicted octanol–water partition coefficient (Wildman–Crippen LogP) is 1.66. The van der Waals surface area contributed by atoms with E-state index in [1.165, 1.54) is 28.3 Å². The van der Waals surface area contributed by atoms with Crippen LogP contribution in [0.15, 0.2) is 23.1 Å². The van der Waals surface area contributed by atoms with Gasteiger partial charge < -0.3 is 9.64 Å². The predicted molar refractivity (Wildman–Crippen MR) is 94.9 cm³/mol. The van der Waals surface area contributed by atoms with Crippen molar-refractivity contribution in [3.8, 4) is 0 Å². The molecular formula is C17H26N2O5S. The molecule has 0 N–H and O–H groups in total. The van der Waals surface area contributed by atoms with E-state index < -0.39 is 22.1 Å². The van der Waals surface area contributed by atoms with Crippen LogP contribution in [0.25, 0.3) is 0 Å². The molecule has 7 nitrogen and oxygen atoms in total. The van der Waals surface area contributed by atoms with Gasteiger partial charge in [-0.2, -0.15) is 4.31 Å². The van der Waals surface area contributed by atoms with E-state index in [4.69, 9.17) is 4.74 Å². The molecule has 0 bridgehead atoms. The van der Waals surface area contributed by atoms with E-state index in [0.29, 0.717) is 18.7 Å². The van der Waals surface area contributed by atoms with Gasteiger partial charge in [-0.1, -0.05) is 19.9 Å². The Hall–Kier alpha value is -1.93. The van der Waals surface area contributed by atoms with E-state index in [1.54, 1.807) is 40.9 Å². The molecule has 0 fully saturated rings. The third kappa shape index (κ3) is 4.79. The molecule has 0 radical (unpaired) electrons. The van der Waals surface area contributed by atoms with Crippen molar-refractivity contribution < 1.29 is 22.7 Å². The number of carbonyl (C=O) groups is 2. The zero-order chi connectivity index (χ0) is 19.4. The first-order chi connectivity index (χ1) is 11.6. The third-order valence-electron chi connectivity index (χ3n) is 3.84. The molecule has 1 amide bonds. The molecular weight excluding hydrogens is 344 g/mol. The first-order valence-corrected chi connectivity index (χ1v) is 9.53. The van der Waals surface area contributed by atoms with E-state index in [-0.39, 0.29) is 16.4 Å². The van der Waals surface area contributed by atoms with Crippen molar-refractivity contribution >= 4 is 21.9 Å². The highest BCUT2D eigenvalue weighted by Crippen LogP contribution is 2.20. The van der Waals surface area contributed by atoms with E-state index >= 15 is 0 Å². The van der Waals surface area contributed by atoms with Gasteiger partial charge in [0, 0.05) is 27.2 Å². The Labute approximate surface area is 149 Å². The summed E-state index contributed by atoms with van der Waals surface area (Å²) in [6, 6.07) is 4.33. The summed E-state index contributed by atoms with van der Waals surface area (Å²) >= 11 is 0. The molecule has 0 unspecified atom stereocenters. The smallest absolute Gasteiger partial charge is 0.339 e. The van der Waals surface area contributed by atoms with Crippen molar-refractivity contribution in [2.24, 2.45) is 0 Å². The Balaban J connectivity index is 3.18. The topological polar surface area (TPSA) is 84.0 Å². The van der Waals surface area contributed by atoms with Crippen LogP contribution in [0.2, 0.25) is 0 Å². The number of aryl methyl sites for hydroxylation is 1. The highest BCUT2D eigenvalue weighted by atomic mass is 32.2. The standard InChI is InChI=1S/C17H26N2O5S/c1-7-19(8-2)25(22,23)14-10-9-12(3)15(11-14)17(21)24-13(4)16(20)18(5)6/h9-11,13H,7-8H2,1-6H3/t13-/m1/s1. The molecule has 0 aliphatic heterocycles. The quantitative estimate of drug-likeness (QED) is 0.682. The van der Waals surface area contributed by atoms with Crippen LogP contribution >= 0.6 is 0 Å². The molecule has 0 aromatic heterocycles. The number of carbonyl (C=O) groups excluding carboxylic acids is 2. The van der Waals surface area contributed by atoms with E-state index in [9.17, 15) is 18.0 Å². The Morgan fingerprint density at radius 3 is 2.20 bits per heavy atom. The first kappa shape index (κ1) is 21.1. The summed E-state index contributed by atoms with van der Waals surface area (Å²) in [6.07, 6.45) is -0.954. The highest BCUT2D eigenvalue weighted by molar-refractivity contribution is 7.89. The van der Waals surface area contributed by atoms with Gasteiger partial charge in [-0.05, 0) is 31.5 Å². The lowest BCUT2D eigenvalue weighted by Crippen LogP contribution is -2.35. The summed E-state index contributed by atoms with van der Waals surface area (Å²) in [7, 11) is -0.552. The third-order valence-corrected chi connectivity index (χ3v) is 5.89. The van der Waals surface area contributed by atoms with Crippen LogP contribution in [-0.4, -0.2) is 62.8 Å². The minimum absolute atomic E-state index is 0.0281. The van der Waals surface area contributed by atoms with Crippen molar-refractivity contribution in [1.29, 1.82) is 0 Å². The minimum atomic E-state index is -3.68. The molecule has 8 heteroatoms. The van der Waals surface area contributed by atoms with Gasteiger partial charge in [-0.25, -0.2) is 13.2 Å². The lowest BCUT2D eigenvalue weighted by molar-refractivity contribution is -0.137. The minimum Gasteiger partial charge on any atom is -0.449 e. The summed E-state index contributed by atoms with van der Waals surface area (Å²) in [6.45, 7) is 7.33. The molecule has 1 aromatic carbocycles. The van der Waals surface area contributed by atoms with Gasteiger partial charge in [-0.15, -0.1) is 0 Å². The molecule has 0 saturated carbocycles. The summed E-state index contributed by atoms with van der Waals surface area (Å²) in [5, 5.41) is 0. The second kappa shape index (κ2) is 8.44. The van der Waals surface area contributed by atoms with E-state index in [2.05, 4.69) is 0 Å². The molecule has 1 aromatic rings. The number of nitrogens with zero attached hydrogens (tertiary/aromatic N) is 2. The number of likely N-dealkylation sites (N-methyl/N-ethyl adjacent to an activating group) is 1. The van der Waals surface area contributed by atoms with E-state index in [0.717, 1.165) is 0 Å². The summed E-state index contributed by atoms with van der Waals surface area (Å²) in [4.78, 5) is 25.6. The zero-order valence-electron chi connectivity index (χ0n) is 15.6. The van der Waals surface area contributed by atoms with Gasteiger partial charge in [0.25, 0.3) is 5.91 Å². The number of esters is 1. The van der Waals surface area contributed by atoms with Crippen molar-refractivity contribution in [3.05, 3.63) is 29.3 Å².